The average Bonchev–Trinajstić information content (AvgIpc) is 2.95. The van der Waals surface area contributed by atoms with E-state index in [9.17, 15) is 9.90 Å². The van der Waals surface area contributed by atoms with Crippen LogP contribution in [0, 0.1) is 0 Å². The summed E-state index contributed by atoms with van der Waals surface area (Å²) in [5.41, 5.74) is 2.70. The first kappa shape index (κ1) is 18.9. The zero-order valence-electron chi connectivity index (χ0n) is 15.0. The minimum absolute atomic E-state index is 0.0113. The van der Waals surface area contributed by atoms with Gasteiger partial charge >= 0.3 is 0 Å². The maximum Gasteiger partial charge on any atom is 0.258 e. The Morgan fingerprint density at radius 2 is 2.08 bits per heavy atom. The van der Waals surface area contributed by atoms with Gasteiger partial charge in [-0.25, -0.2) is 0 Å². The lowest BCUT2D eigenvalue weighted by Gasteiger charge is -2.19. The first-order valence-electron chi connectivity index (χ1n) is 9.05. The lowest BCUT2D eigenvalue weighted by molar-refractivity contribution is 0.0750. The summed E-state index contributed by atoms with van der Waals surface area (Å²) in [6, 6.07) is 13.7. The Hall–Kier alpha value is -1.85. The summed E-state index contributed by atoms with van der Waals surface area (Å²) in [6.45, 7) is 3.21. The number of unbranched alkanes of at least 4 members (excludes halogenated alkanes) is 1. The molecule has 2 aromatic carbocycles. The van der Waals surface area contributed by atoms with Crippen LogP contribution in [0.5, 0.6) is 5.75 Å². The molecule has 0 fully saturated rings. The zero-order chi connectivity index (χ0) is 18.5. The summed E-state index contributed by atoms with van der Waals surface area (Å²) < 4.78 is 7.00. The van der Waals surface area contributed by atoms with Gasteiger partial charge in [-0.3, -0.25) is 4.79 Å². The molecule has 1 aliphatic heterocycles. The van der Waals surface area contributed by atoms with Crippen LogP contribution in [0.3, 0.4) is 0 Å². The molecule has 1 heterocycles. The van der Waals surface area contributed by atoms with Gasteiger partial charge in [-0.05, 0) is 42.2 Å². The Bertz CT molecular complexity index is 778. The Morgan fingerprint density at radius 3 is 2.81 bits per heavy atom. The molecule has 26 heavy (non-hydrogen) atoms. The number of carbonyl (C=O) groups excluding carboxylic acids is 1. The second-order valence-electron chi connectivity index (χ2n) is 6.65. The summed E-state index contributed by atoms with van der Waals surface area (Å²) in [5.74, 6) is 0.571. The van der Waals surface area contributed by atoms with Gasteiger partial charge in [0, 0.05) is 17.6 Å². The molecular formula is C21H24BrNO3. The van der Waals surface area contributed by atoms with E-state index in [0.717, 1.165) is 34.9 Å². The number of aliphatic hydroxyl groups excluding tert-OH is 1. The molecule has 0 radical (unpaired) electrons. The number of carbonyl (C=O) groups is 1. The number of aliphatic hydroxyl groups is 1. The number of nitrogens with zero attached hydrogens (tertiary/aromatic N) is 1. The largest absolute Gasteiger partial charge is 0.487 e. The van der Waals surface area contributed by atoms with Crippen molar-refractivity contribution in [1.29, 1.82) is 0 Å². The van der Waals surface area contributed by atoms with E-state index in [-0.39, 0.29) is 18.6 Å². The first-order valence-corrected chi connectivity index (χ1v) is 9.84. The quantitative estimate of drug-likeness (QED) is 0.685. The van der Waals surface area contributed by atoms with Crippen molar-refractivity contribution in [3.63, 3.8) is 0 Å². The Kier molecular flexibility index (Phi) is 6.33. The van der Waals surface area contributed by atoms with E-state index in [1.165, 1.54) is 0 Å². The Labute approximate surface area is 162 Å². The monoisotopic (exact) mass is 417 g/mol. The second kappa shape index (κ2) is 8.69. The van der Waals surface area contributed by atoms with Crippen LogP contribution < -0.4 is 4.74 Å². The molecule has 1 N–H and O–H groups in total. The van der Waals surface area contributed by atoms with Crippen molar-refractivity contribution in [2.45, 2.75) is 45.4 Å². The molecule has 0 aliphatic carbocycles. The number of rotatable bonds is 8. The minimum Gasteiger partial charge on any atom is -0.487 e. The van der Waals surface area contributed by atoms with Gasteiger partial charge in [-0.2, -0.15) is 0 Å². The van der Waals surface area contributed by atoms with Crippen LogP contribution in [-0.2, 0) is 13.1 Å². The molecule has 1 atom stereocenters. The minimum atomic E-state index is -0.270. The SMILES string of the molecule is CCCCC(CO)Oc1cccc2c1C(=O)N(Cc1cccc(Br)c1)C2. The predicted octanol–water partition coefficient (Wildman–Crippen LogP) is 4.54. The smallest absolute Gasteiger partial charge is 0.258 e. The normalized spacial score (nSPS) is 14.4. The van der Waals surface area contributed by atoms with Gasteiger partial charge in [0.2, 0.25) is 0 Å². The third kappa shape index (κ3) is 4.27. The lowest BCUT2D eigenvalue weighted by Crippen LogP contribution is -2.25. The van der Waals surface area contributed by atoms with Crippen molar-refractivity contribution >= 4 is 21.8 Å². The highest BCUT2D eigenvalue weighted by Crippen LogP contribution is 2.33. The van der Waals surface area contributed by atoms with Gasteiger partial charge in [0.15, 0.2) is 0 Å². The number of fused-ring (bicyclic) bond motifs is 1. The van der Waals surface area contributed by atoms with Crippen molar-refractivity contribution < 1.29 is 14.6 Å². The summed E-state index contributed by atoms with van der Waals surface area (Å²) in [6.07, 6.45) is 2.55. The van der Waals surface area contributed by atoms with Crippen molar-refractivity contribution in [3.05, 3.63) is 63.6 Å². The van der Waals surface area contributed by atoms with E-state index in [0.29, 0.717) is 24.4 Å². The van der Waals surface area contributed by atoms with Gasteiger partial charge in [0.25, 0.3) is 5.91 Å². The Morgan fingerprint density at radius 1 is 1.27 bits per heavy atom. The average molecular weight is 418 g/mol. The fourth-order valence-corrected chi connectivity index (χ4v) is 3.71. The van der Waals surface area contributed by atoms with Crippen LogP contribution in [0.2, 0.25) is 0 Å². The molecule has 138 valence electrons. The van der Waals surface area contributed by atoms with E-state index in [4.69, 9.17) is 4.74 Å². The fourth-order valence-electron chi connectivity index (χ4n) is 3.27. The van der Waals surface area contributed by atoms with E-state index < -0.39 is 0 Å². The molecule has 0 bridgehead atoms. The van der Waals surface area contributed by atoms with Crippen molar-refractivity contribution in [2.24, 2.45) is 0 Å². The summed E-state index contributed by atoms with van der Waals surface area (Å²) in [5, 5.41) is 9.58. The number of amides is 1. The summed E-state index contributed by atoms with van der Waals surface area (Å²) >= 11 is 3.48. The third-order valence-electron chi connectivity index (χ3n) is 4.61. The molecule has 5 heteroatoms. The molecule has 1 aliphatic rings. The number of ether oxygens (including phenoxy) is 1. The molecule has 4 nitrogen and oxygen atoms in total. The highest BCUT2D eigenvalue weighted by Gasteiger charge is 2.31. The van der Waals surface area contributed by atoms with E-state index in [1.807, 2.05) is 47.4 Å². The van der Waals surface area contributed by atoms with Gasteiger partial charge in [-0.1, -0.05) is 53.5 Å². The molecule has 1 amide bonds. The maximum atomic E-state index is 13.0. The predicted molar refractivity (Wildman–Crippen MR) is 105 cm³/mol. The summed E-state index contributed by atoms with van der Waals surface area (Å²) in [7, 11) is 0. The van der Waals surface area contributed by atoms with Crippen LogP contribution in [0.1, 0.15) is 47.7 Å². The molecule has 2 aromatic rings. The van der Waals surface area contributed by atoms with Gasteiger partial charge in [0.1, 0.15) is 11.9 Å². The molecule has 0 aromatic heterocycles. The van der Waals surface area contributed by atoms with Crippen molar-refractivity contribution in [2.75, 3.05) is 6.61 Å². The lowest BCUT2D eigenvalue weighted by atomic mass is 10.1. The Balaban J connectivity index is 1.77. The van der Waals surface area contributed by atoms with Crippen molar-refractivity contribution in [3.8, 4) is 5.75 Å². The fraction of sp³-hybridized carbons (Fsp3) is 0.381. The molecule has 1 unspecified atom stereocenters. The van der Waals surface area contributed by atoms with E-state index >= 15 is 0 Å². The van der Waals surface area contributed by atoms with Crippen LogP contribution in [0.15, 0.2) is 46.9 Å². The van der Waals surface area contributed by atoms with Crippen LogP contribution >= 0.6 is 15.9 Å². The maximum absolute atomic E-state index is 13.0. The first-order chi connectivity index (χ1) is 12.6. The molecule has 3 rings (SSSR count). The standard InChI is InChI=1S/C21H24BrNO3/c1-2-3-9-18(14-24)26-19-10-5-7-16-13-23(21(25)20(16)19)12-15-6-4-8-17(22)11-15/h4-8,10-11,18,24H,2-3,9,12-14H2,1H3. The topological polar surface area (TPSA) is 49.8 Å². The van der Waals surface area contributed by atoms with E-state index in [1.54, 1.807) is 0 Å². The summed E-state index contributed by atoms with van der Waals surface area (Å²) in [4.78, 5) is 14.8. The molecular weight excluding hydrogens is 394 g/mol. The van der Waals surface area contributed by atoms with Gasteiger partial charge in [0.05, 0.1) is 12.2 Å². The number of hydrogen-bond donors (Lipinski definition) is 1. The highest BCUT2D eigenvalue weighted by molar-refractivity contribution is 9.10. The van der Waals surface area contributed by atoms with Crippen LogP contribution in [0.25, 0.3) is 0 Å². The second-order valence-corrected chi connectivity index (χ2v) is 7.56. The van der Waals surface area contributed by atoms with Crippen molar-refractivity contribution in [1.82, 2.24) is 4.90 Å². The molecule has 0 spiro atoms. The third-order valence-corrected chi connectivity index (χ3v) is 5.11. The highest BCUT2D eigenvalue weighted by atomic mass is 79.9. The molecule has 0 saturated carbocycles. The zero-order valence-corrected chi connectivity index (χ0v) is 16.5. The van der Waals surface area contributed by atoms with Crippen LogP contribution in [-0.4, -0.2) is 28.6 Å². The van der Waals surface area contributed by atoms with Gasteiger partial charge < -0.3 is 14.7 Å². The number of halogens is 1. The van der Waals surface area contributed by atoms with Gasteiger partial charge in [-0.15, -0.1) is 0 Å². The number of hydrogen-bond acceptors (Lipinski definition) is 3. The number of benzene rings is 2. The van der Waals surface area contributed by atoms with E-state index in [2.05, 4.69) is 22.9 Å². The van der Waals surface area contributed by atoms with Crippen LogP contribution in [0.4, 0.5) is 0 Å². The molecule has 0 saturated heterocycles.